The van der Waals surface area contributed by atoms with Gasteiger partial charge in [0.15, 0.2) is 5.69 Å². The molecule has 4 rings (SSSR count). The van der Waals surface area contributed by atoms with Gasteiger partial charge in [-0.1, -0.05) is 24.3 Å². The largest absolute Gasteiger partial charge is 0.476 e. The van der Waals surface area contributed by atoms with E-state index in [9.17, 15) is 14.7 Å². The molecular formula is C16H10N4O4S. The summed E-state index contributed by atoms with van der Waals surface area (Å²) in [5, 5.41) is 23.6. The van der Waals surface area contributed by atoms with E-state index >= 15 is 0 Å². The molecule has 8 nitrogen and oxygen atoms in total. The molecule has 124 valence electrons. The van der Waals surface area contributed by atoms with Crippen LogP contribution in [0.2, 0.25) is 0 Å². The van der Waals surface area contributed by atoms with Crippen molar-refractivity contribution in [2.75, 3.05) is 0 Å². The topological polar surface area (TPSA) is 111 Å². The normalized spacial score (nSPS) is 11.0. The Kier molecular flexibility index (Phi) is 3.62. The second-order valence-corrected chi connectivity index (χ2v) is 6.09. The van der Waals surface area contributed by atoms with Gasteiger partial charge in [0.1, 0.15) is 6.54 Å². The molecule has 0 radical (unpaired) electrons. The third-order valence-corrected chi connectivity index (χ3v) is 4.41. The number of aromatic nitrogens is 4. The van der Waals surface area contributed by atoms with Crippen LogP contribution in [-0.2, 0) is 6.54 Å². The summed E-state index contributed by atoms with van der Waals surface area (Å²) in [4.78, 5) is 24.8. The minimum absolute atomic E-state index is 0.109. The fraction of sp³-hybridized carbons (Fsp3) is 0.0625. The van der Waals surface area contributed by atoms with Crippen molar-refractivity contribution in [1.82, 2.24) is 20.0 Å². The predicted molar refractivity (Wildman–Crippen MR) is 89.7 cm³/mol. The van der Waals surface area contributed by atoms with Gasteiger partial charge in [-0.05, 0) is 17.5 Å². The molecule has 0 saturated heterocycles. The number of hydrogen-bond acceptors (Lipinski definition) is 7. The highest BCUT2D eigenvalue weighted by molar-refractivity contribution is 7.13. The molecule has 0 spiro atoms. The molecule has 9 heteroatoms. The number of nitrogens with zero attached hydrogens (tertiary/aromatic N) is 4. The van der Waals surface area contributed by atoms with Crippen LogP contribution in [0.4, 0.5) is 0 Å². The highest BCUT2D eigenvalue weighted by Crippen LogP contribution is 2.23. The molecule has 0 amide bonds. The Morgan fingerprint density at radius 1 is 1.16 bits per heavy atom. The fourth-order valence-electron chi connectivity index (χ4n) is 2.45. The third-order valence-electron chi connectivity index (χ3n) is 3.55. The average Bonchev–Trinajstić information content (AvgIpc) is 3.28. The first kappa shape index (κ1) is 15.2. The van der Waals surface area contributed by atoms with Crippen molar-refractivity contribution in [1.29, 1.82) is 0 Å². The second kappa shape index (κ2) is 5.95. The quantitative estimate of drug-likeness (QED) is 0.598. The lowest BCUT2D eigenvalue weighted by atomic mass is 10.1. The molecule has 25 heavy (non-hydrogen) atoms. The first-order valence-corrected chi connectivity index (χ1v) is 8.11. The number of thiophene rings is 1. The van der Waals surface area contributed by atoms with Gasteiger partial charge in [0.25, 0.3) is 11.4 Å². The summed E-state index contributed by atoms with van der Waals surface area (Å²) in [5.74, 6) is -0.698. The average molecular weight is 354 g/mol. The van der Waals surface area contributed by atoms with Crippen molar-refractivity contribution in [2.45, 2.75) is 6.54 Å². The summed E-state index contributed by atoms with van der Waals surface area (Å²) >= 11 is 1.45. The van der Waals surface area contributed by atoms with Gasteiger partial charge < -0.3 is 9.52 Å². The molecule has 0 bridgehead atoms. The van der Waals surface area contributed by atoms with E-state index in [1.165, 1.54) is 11.3 Å². The van der Waals surface area contributed by atoms with Crippen LogP contribution in [0.1, 0.15) is 16.4 Å². The van der Waals surface area contributed by atoms with Crippen LogP contribution in [0.3, 0.4) is 0 Å². The molecule has 0 saturated carbocycles. The van der Waals surface area contributed by atoms with Gasteiger partial charge in [-0.2, -0.15) is 5.10 Å². The van der Waals surface area contributed by atoms with Gasteiger partial charge in [-0.25, -0.2) is 9.48 Å². The minimum atomic E-state index is -1.21. The monoisotopic (exact) mass is 354 g/mol. The maximum atomic E-state index is 12.6. The number of fused-ring (bicyclic) bond motifs is 1. The first-order chi connectivity index (χ1) is 12.1. The molecule has 0 aliphatic heterocycles. The predicted octanol–water partition coefficient (Wildman–Crippen LogP) is 2.25. The van der Waals surface area contributed by atoms with Crippen molar-refractivity contribution in [3.05, 3.63) is 63.7 Å². The first-order valence-electron chi connectivity index (χ1n) is 7.23. The number of aromatic carboxylic acids is 1. The number of benzene rings is 1. The van der Waals surface area contributed by atoms with E-state index in [1.807, 2.05) is 17.5 Å². The minimum Gasteiger partial charge on any atom is -0.476 e. The van der Waals surface area contributed by atoms with E-state index in [0.717, 1.165) is 9.56 Å². The van der Waals surface area contributed by atoms with Gasteiger partial charge >= 0.3 is 5.97 Å². The summed E-state index contributed by atoms with van der Waals surface area (Å²) in [6, 6.07) is 10.1. The Balaban J connectivity index is 1.78. The van der Waals surface area contributed by atoms with E-state index in [4.69, 9.17) is 4.42 Å². The molecule has 1 aromatic carbocycles. The maximum Gasteiger partial charge on any atom is 0.357 e. The van der Waals surface area contributed by atoms with E-state index in [1.54, 1.807) is 24.3 Å². The lowest BCUT2D eigenvalue weighted by Crippen LogP contribution is -2.26. The molecule has 0 atom stereocenters. The Labute approximate surface area is 144 Å². The number of carboxylic acid groups (broad SMARTS) is 1. The van der Waals surface area contributed by atoms with Crippen LogP contribution in [0.25, 0.3) is 21.5 Å². The van der Waals surface area contributed by atoms with Gasteiger partial charge in [0.2, 0.25) is 5.89 Å². The Hall–Kier alpha value is -3.33. The van der Waals surface area contributed by atoms with Crippen LogP contribution in [0.15, 0.2) is 51.0 Å². The summed E-state index contributed by atoms with van der Waals surface area (Å²) in [6.45, 7) is -0.109. The Morgan fingerprint density at radius 2 is 1.96 bits per heavy atom. The van der Waals surface area contributed by atoms with E-state index in [0.29, 0.717) is 11.3 Å². The third kappa shape index (κ3) is 2.70. The smallest absolute Gasteiger partial charge is 0.357 e. The van der Waals surface area contributed by atoms with Gasteiger partial charge in [-0.15, -0.1) is 21.5 Å². The number of carbonyl (C=O) groups is 1. The number of rotatable bonds is 4. The van der Waals surface area contributed by atoms with Crippen molar-refractivity contribution >= 4 is 28.1 Å². The Bertz CT molecular complexity index is 1130. The highest BCUT2D eigenvalue weighted by atomic mass is 32.1. The van der Waals surface area contributed by atoms with Gasteiger partial charge in [0, 0.05) is 5.39 Å². The van der Waals surface area contributed by atoms with Crippen molar-refractivity contribution in [2.24, 2.45) is 0 Å². The zero-order valence-corrected chi connectivity index (χ0v) is 13.4. The zero-order chi connectivity index (χ0) is 17.4. The van der Waals surface area contributed by atoms with E-state index < -0.39 is 11.5 Å². The Morgan fingerprint density at radius 3 is 2.68 bits per heavy atom. The second-order valence-electron chi connectivity index (χ2n) is 5.14. The maximum absolute atomic E-state index is 12.6. The number of hydrogen-bond donors (Lipinski definition) is 1. The van der Waals surface area contributed by atoms with Crippen molar-refractivity contribution in [3.63, 3.8) is 0 Å². The molecule has 0 aliphatic rings. The van der Waals surface area contributed by atoms with Gasteiger partial charge in [-0.3, -0.25) is 4.79 Å². The van der Waals surface area contributed by atoms with Crippen LogP contribution in [0, 0.1) is 0 Å². The molecule has 3 heterocycles. The molecular weight excluding hydrogens is 344 g/mol. The van der Waals surface area contributed by atoms with Crippen LogP contribution in [-0.4, -0.2) is 31.1 Å². The summed E-state index contributed by atoms with van der Waals surface area (Å²) in [5.41, 5.74) is -0.621. The van der Waals surface area contributed by atoms with Crippen molar-refractivity contribution in [3.8, 4) is 10.8 Å². The lowest BCUT2D eigenvalue weighted by molar-refractivity contribution is 0.0690. The summed E-state index contributed by atoms with van der Waals surface area (Å²) in [6.07, 6.45) is 0. The highest BCUT2D eigenvalue weighted by Gasteiger charge is 2.17. The fourth-order valence-corrected chi connectivity index (χ4v) is 3.09. The molecule has 4 aromatic rings. The van der Waals surface area contributed by atoms with Crippen LogP contribution < -0.4 is 5.56 Å². The van der Waals surface area contributed by atoms with E-state index in [2.05, 4.69) is 15.3 Å². The molecule has 0 aliphatic carbocycles. The number of carboxylic acids is 1. The summed E-state index contributed by atoms with van der Waals surface area (Å²) in [7, 11) is 0. The van der Waals surface area contributed by atoms with Crippen molar-refractivity contribution < 1.29 is 14.3 Å². The van der Waals surface area contributed by atoms with Crippen LogP contribution >= 0.6 is 11.3 Å². The SMILES string of the molecule is O=C(O)c1nn(Cc2nnc(-c3cccs3)o2)c(=O)c2ccccc12. The molecule has 3 aromatic heterocycles. The standard InChI is InChI=1S/C16H10N4O4S/c21-15-10-5-2-1-4-9(10)13(16(22)23)19-20(15)8-12-17-18-14(24-12)11-6-3-7-25-11/h1-7H,8H2,(H,22,23). The lowest BCUT2D eigenvalue weighted by Gasteiger charge is -2.06. The molecule has 0 fully saturated rings. The molecule has 0 unspecified atom stereocenters. The summed E-state index contributed by atoms with van der Waals surface area (Å²) < 4.78 is 6.57. The van der Waals surface area contributed by atoms with Crippen LogP contribution in [0.5, 0.6) is 0 Å². The van der Waals surface area contributed by atoms with E-state index in [-0.39, 0.29) is 23.5 Å². The molecule has 1 N–H and O–H groups in total. The zero-order valence-electron chi connectivity index (χ0n) is 12.6. The van der Waals surface area contributed by atoms with Gasteiger partial charge in [0.05, 0.1) is 10.3 Å².